The van der Waals surface area contributed by atoms with Gasteiger partial charge in [-0.25, -0.2) is 0 Å². The Bertz CT molecular complexity index is 1240. The zero-order valence-corrected chi connectivity index (χ0v) is 16.6. The molecule has 0 aliphatic rings. The highest BCUT2D eigenvalue weighted by molar-refractivity contribution is 6.30. The first-order valence-electron chi connectivity index (χ1n) is 9.23. The first-order valence-corrected chi connectivity index (χ1v) is 9.61. The SMILES string of the molecule is Cc1c(C(=O)/C=C/c2ccc(Cl)cc2)cc2cccn2c1C(=O)c1ccccc1. The summed E-state index contributed by atoms with van der Waals surface area (Å²) in [6.45, 7) is 1.82. The Morgan fingerprint density at radius 2 is 1.66 bits per heavy atom. The first-order chi connectivity index (χ1) is 14.0. The maximum absolute atomic E-state index is 13.2. The molecule has 0 fully saturated rings. The third kappa shape index (κ3) is 3.78. The van der Waals surface area contributed by atoms with Gasteiger partial charge in [-0.05, 0) is 54.5 Å². The largest absolute Gasteiger partial charge is 0.313 e. The highest BCUT2D eigenvalue weighted by atomic mass is 35.5. The van der Waals surface area contributed by atoms with E-state index in [-0.39, 0.29) is 11.6 Å². The van der Waals surface area contributed by atoms with Gasteiger partial charge in [-0.1, -0.05) is 60.1 Å². The van der Waals surface area contributed by atoms with Crippen LogP contribution in [0, 0.1) is 6.92 Å². The summed E-state index contributed by atoms with van der Waals surface area (Å²) in [7, 11) is 0. The number of carbonyl (C=O) groups excluding carboxylic acids is 2. The quantitative estimate of drug-likeness (QED) is 0.303. The van der Waals surface area contributed by atoms with Crippen LogP contribution in [-0.4, -0.2) is 16.0 Å². The molecule has 0 atom stereocenters. The Morgan fingerprint density at radius 3 is 2.38 bits per heavy atom. The normalized spacial score (nSPS) is 11.2. The van der Waals surface area contributed by atoms with E-state index in [1.807, 2.05) is 66.1 Å². The molecule has 0 N–H and O–H groups in total. The summed E-state index contributed by atoms with van der Waals surface area (Å²) in [4.78, 5) is 26.2. The minimum absolute atomic E-state index is 0.111. The van der Waals surface area contributed by atoms with Crippen molar-refractivity contribution in [2.24, 2.45) is 0 Å². The van der Waals surface area contributed by atoms with E-state index in [0.29, 0.717) is 27.4 Å². The van der Waals surface area contributed by atoms with Crippen LogP contribution in [0.3, 0.4) is 0 Å². The molecule has 0 saturated carbocycles. The van der Waals surface area contributed by atoms with Gasteiger partial charge in [0.25, 0.3) is 0 Å². The van der Waals surface area contributed by atoms with Crippen LogP contribution < -0.4 is 0 Å². The van der Waals surface area contributed by atoms with Crippen molar-refractivity contribution in [3.8, 4) is 0 Å². The maximum atomic E-state index is 13.2. The third-order valence-corrected chi connectivity index (χ3v) is 5.14. The van der Waals surface area contributed by atoms with Crippen molar-refractivity contribution in [1.29, 1.82) is 0 Å². The molecule has 0 radical (unpaired) electrons. The molecule has 4 aromatic rings. The van der Waals surface area contributed by atoms with Crippen molar-refractivity contribution in [3.63, 3.8) is 0 Å². The Morgan fingerprint density at radius 1 is 0.931 bits per heavy atom. The Balaban J connectivity index is 1.77. The molecule has 29 heavy (non-hydrogen) atoms. The number of hydrogen-bond acceptors (Lipinski definition) is 2. The van der Waals surface area contributed by atoms with Crippen LogP contribution in [0.2, 0.25) is 5.02 Å². The molecule has 0 bridgehead atoms. The summed E-state index contributed by atoms with van der Waals surface area (Å²) in [6, 6.07) is 21.9. The first kappa shape index (κ1) is 18.9. The molecule has 3 nitrogen and oxygen atoms in total. The lowest BCUT2D eigenvalue weighted by Crippen LogP contribution is -2.13. The van der Waals surface area contributed by atoms with Crippen molar-refractivity contribution in [3.05, 3.63) is 118 Å². The van der Waals surface area contributed by atoms with Gasteiger partial charge in [0.05, 0.1) is 5.69 Å². The second-order valence-electron chi connectivity index (χ2n) is 6.78. The van der Waals surface area contributed by atoms with Crippen LogP contribution in [0.1, 0.15) is 37.5 Å². The van der Waals surface area contributed by atoms with Crippen molar-refractivity contribution >= 4 is 34.8 Å². The van der Waals surface area contributed by atoms with Crippen LogP contribution in [-0.2, 0) is 0 Å². The fraction of sp³-hybridized carbons (Fsp3) is 0.0400. The average molecular weight is 400 g/mol. The van der Waals surface area contributed by atoms with Gasteiger partial charge in [0, 0.05) is 27.9 Å². The summed E-state index contributed by atoms with van der Waals surface area (Å²) >= 11 is 5.91. The van der Waals surface area contributed by atoms with Crippen molar-refractivity contribution < 1.29 is 9.59 Å². The fourth-order valence-corrected chi connectivity index (χ4v) is 3.50. The molecule has 2 aromatic carbocycles. The predicted octanol–water partition coefficient (Wildman–Crippen LogP) is 6.03. The van der Waals surface area contributed by atoms with Crippen LogP contribution in [0.25, 0.3) is 11.6 Å². The third-order valence-electron chi connectivity index (χ3n) is 4.89. The average Bonchev–Trinajstić information content (AvgIpc) is 3.21. The Hall–Kier alpha value is -3.43. The summed E-state index contributed by atoms with van der Waals surface area (Å²) in [5, 5.41) is 0.645. The van der Waals surface area contributed by atoms with Crippen molar-refractivity contribution in [1.82, 2.24) is 4.40 Å². The van der Waals surface area contributed by atoms with Crippen molar-refractivity contribution in [2.75, 3.05) is 0 Å². The summed E-state index contributed by atoms with van der Waals surface area (Å²) < 4.78 is 1.84. The molecule has 2 heterocycles. The van der Waals surface area contributed by atoms with Gasteiger partial charge in [0.15, 0.2) is 5.78 Å². The maximum Gasteiger partial charge on any atom is 0.210 e. The molecular formula is C25H18ClNO2. The second kappa shape index (κ2) is 7.90. The molecule has 0 aliphatic carbocycles. The Labute approximate surface area is 173 Å². The van der Waals surface area contributed by atoms with E-state index < -0.39 is 0 Å². The van der Waals surface area contributed by atoms with Crippen LogP contribution in [0.4, 0.5) is 0 Å². The summed E-state index contributed by atoms with van der Waals surface area (Å²) in [5.41, 5.74) is 3.95. The van der Waals surface area contributed by atoms with E-state index in [0.717, 1.165) is 11.1 Å². The molecule has 0 aliphatic heterocycles. The number of ketones is 2. The van der Waals surface area contributed by atoms with Gasteiger partial charge in [0.1, 0.15) is 0 Å². The molecule has 4 heteroatoms. The molecule has 0 saturated heterocycles. The summed E-state index contributed by atoms with van der Waals surface area (Å²) in [5.74, 6) is -0.260. The van der Waals surface area contributed by atoms with Gasteiger partial charge in [0.2, 0.25) is 5.78 Å². The smallest absolute Gasteiger partial charge is 0.210 e. The van der Waals surface area contributed by atoms with E-state index in [9.17, 15) is 9.59 Å². The van der Waals surface area contributed by atoms with E-state index in [4.69, 9.17) is 11.6 Å². The molecule has 0 amide bonds. The molecule has 4 rings (SSSR count). The zero-order chi connectivity index (χ0) is 20.4. The number of rotatable bonds is 5. The standard InChI is InChI=1S/C25H18ClNO2/c1-17-22(23(28)14-11-18-9-12-20(26)13-10-18)16-21-8-5-15-27(21)24(17)25(29)19-6-3-2-4-7-19/h2-16H,1H3/b14-11+. The topological polar surface area (TPSA) is 38.5 Å². The second-order valence-corrected chi connectivity index (χ2v) is 7.22. The highest BCUT2D eigenvalue weighted by Gasteiger charge is 2.20. The molecular weight excluding hydrogens is 382 g/mol. The number of pyridine rings is 1. The number of allylic oxidation sites excluding steroid dienone is 1. The van der Waals surface area contributed by atoms with Crippen LogP contribution in [0.15, 0.2) is 85.1 Å². The highest BCUT2D eigenvalue weighted by Crippen LogP contribution is 2.23. The minimum atomic E-state index is -0.150. The van der Waals surface area contributed by atoms with Crippen LogP contribution in [0.5, 0.6) is 0 Å². The van der Waals surface area contributed by atoms with Crippen molar-refractivity contribution in [2.45, 2.75) is 6.92 Å². The number of benzene rings is 2. The van der Waals surface area contributed by atoms with Gasteiger partial charge in [-0.2, -0.15) is 0 Å². The molecule has 142 valence electrons. The van der Waals surface area contributed by atoms with Crippen LogP contribution >= 0.6 is 11.6 Å². The van der Waals surface area contributed by atoms with Gasteiger partial charge < -0.3 is 4.40 Å². The lowest BCUT2D eigenvalue weighted by molar-refractivity contribution is 0.103. The van der Waals surface area contributed by atoms with E-state index in [1.165, 1.54) is 6.08 Å². The number of hydrogen-bond donors (Lipinski definition) is 0. The number of halogens is 1. The number of carbonyl (C=O) groups is 2. The summed E-state index contributed by atoms with van der Waals surface area (Å²) in [6.07, 6.45) is 5.12. The zero-order valence-electron chi connectivity index (χ0n) is 15.8. The van der Waals surface area contributed by atoms with E-state index in [2.05, 4.69) is 0 Å². The molecule has 0 unspecified atom stereocenters. The monoisotopic (exact) mass is 399 g/mol. The van der Waals surface area contributed by atoms with E-state index >= 15 is 0 Å². The lowest BCUT2D eigenvalue weighted by Gasteiger charge is -2.13. The predicted molar refractivity (Wildman–Crippen MR) is 117 cm³/mol. The number of nitrogens with zero attached hydrogens (tertiary/aromatic N) is 1. The molecule has 2 aromatic heterocycles. The number of aromatic nitrogens is 1. The molecule has 0 spiro atoms. The lowest BCUT2D eigenvalue weighted by atomic mass is 9.97. The Kier molecular flexibility index (Phi) is 5.15. The minimum Gasteiger partial charge on any atom is -0.313 e. The van der Waals surface area contributed by atoms with Gasteiger partial charge in [-0.15, -0.1) is 0 Å². The van der Waals surface area contributed by atoms with Gasteiger partial charge >= 0.3 is 0 Å². The number of fused-ring (bicyclic) bond motifs is 1. The van der Waals surface area contributed by atoms with Gasteiger partial charge in [-0.3, -0.25) is 9.59 Å². The van der Waals surface area contributed by atoms with E-state index in [1.54, 1.807) is 30.3 Å². The fourth-order valence-electron chi connectivity index (χ4n) is 3.38.